The number of aromatic hydroxyl groups is 2. The van der Waals surface area contributed by atoms with Gasteiger partial charge >= 0.3 is 0 Å². The Hall–Kier alpha value is -2.31. The van der Waals surface area contributed by atoms with E-state index in [1.807, 2.05) is 0 Å². The van der Waals surface area contributed by atoms with Crippen molar-refractivity contribution < 1.29 is 14.7 Å². The van der Waals surface area contributed by atoms with Crippen LogP contribution in [0, 0.1) is 0 Å². The Morgan fingerprint density at radius 3 is 2.62 bits per heavy atom. The zero-order valence-electron chi connectivity index (χ0n) is 10.3. The molecule has 106 valence electrons. The highest BCUT2D eigenvalue weighted by atomic mass is 35.5. The molecule has 2 N–H and O–H groups in total. The molecule has 0 saturated heterocycles. The molecule has 0 amide bonds. The van der Waals surface area contributed by atoms with Gasteiger partial charge < -0.3 is 14.7 Å². The highest BCUT2D eigenvalue weighted by Crippen LogP contribution is 2.33. The normalized spacial score (nSPS) is 10.8. The first-order valence-corrected chi connectivity index (χ1v) is 6.47. The van der Waals surface area contributed by atoms with E-state index in [-0.39, 0.29) is 33.8 Å². The predicted molar refractivity (Wildman–Crippen MR) is 76.3 cm³/mol. The second-order valence-electron chi connectivity index (χ2n) is 4.11. The molecular formula is C13H7Cl2N3O3. The minimum atomic E-state index is -0.180. The third-order valence-electron chi connectivity index (χ3n) is 2.66. The fourth-order valence-corrected chi connectivity index (χ4v) is 2.17. The molecule has 0 bridgehead atoms. The van der Waals surface area contributed by atoms with Gasteiger partial charge in [0.2, 0.25) is 5.82 Å². The lowest BCUT2D eigenvalue weighted by molar-refractivity contribution is 0.423. The lowest BCUT2D eigenvalue weighted by Crippen LogP contribution is -1.87. The van der Waals surface area contributed by atoms with Crippen LogP contribution in [0.25, 0.3) is 23.0 Å². The molecule has 0 saturated carbocycles. The number of phenolic OH excluding ortho intramolecular Hbond substituents is 2. The van der Waals surface area contributed by atoms with E-state index in [2.05, 4.69) is 15.1 Å². The zero-order chi connectivity index (χ0) is 15.0. The summed E-state index contributed by atoms with van der Waals surface area (Å²) in [7, 11) is 0. The van der Waals surface area contributed by atoms with Crippen molar-refractivity contribution in [3.05, 3.63) is 40.5 Å². The van der Waals surface area contributed by atoms with Crippen molar-refractivity contribution in [2.24, 2.45) is 0 Å². The van der Waals surface area contributed by atoms with Crippen LogP contribution in [0.5, 0.6) is 11.5 Å². The van der Waals surface area contributed by atoms with Gasteiger partial charge in [-0.15, -0.1) is 0 Å². The van der Waals surface area contributed by atoms with Gasteiger partial charge in [-0.3, -0.25) is 0 Å². The van der Waals surface area contributed by atoms with Gasteiger partial charge in [0.05, 0.1) is 15.6 Å². The van der Waals surface area contributed by atoms with Crippen LogP contribution in [0.3, 0.4) is 0 Å². The Bertz CT molecular complexity index is 754. The summed E-state index contributed by atoms with van der Waals surface area (Å²) >= 11 is 11.8. The molecule has 0 aliphatic rings. The number of halogens is 2. The van der Waals surface area contributed by atoms with E-state index in [0.717, 1.165) is 0 Å². The van der Waals surface area contributed by atoms with Gasteiger partial charge in [0.1, 0.15) is 17.2 Å². The Labute approximate surface area is 128 Å². The SMILES string of the molecule is Oc1ccc(-c2nc(-c3ncc(Cl)cc3Cl)no2)c(O)c1. The Morgan fingerprint density at radius 1 is 1.10 bits per heavy atom. The molecule has 3 aromatic rings. The molecule has 0 aliphatic carbocycles. The largest absolute Gasteiger partial charge is 0.508 e. The van der Waals surface area contributed by atoms with Crippen LogP contribution < -0.4 is 0 Å². The molecule has 2 aromatic heterocycles. The second kappa shape index (κ2) is 5.23. The van der Waals surface area contributed by atoms with Crippen molar-refractivity contribution >= 4 is 23.2 Å². The highest BCUT2D eigenvalue weighted by molar-refractivity contribution is 6.35. The standard InChI is InChI=1S/C13H7Cl2N3O3/c14-6-3-9(15)11(16-5-6)12-17-13(21-18-12)8-2-1-7(19)4-10(8)20/h1-5,19-20H. The van der Waals surface area contributed by atoms with Gasteiger partial charge in [-0.2, -0.15) is 4.98 Å². The van der Waals surface area contributed by atoms with E-state index in [1.54, 1.807) is 0 Å². The van der Waals surface area contributed by atoms with Crippen molar-refractivity contribution in [2.75, 3.05) is 0 Å². The molecule has 0 spiro atoms. The van der Waals surface area contributed by atoms with E-state index >= 15 is 0 Å². The molecule has 0 atom stereocenters. The Morgan fingerprint density at radius 2 is 1.90 bits per heavy atom. The van der Waals surface area contributed by atoms with Crippen LogP contribution >= 0.6 is 23.2 Å². The van der Waals surface area contributed by atoms with E-state index in [4.69, 9.17) is 27.7 Å². The van der Waals surface area contributed by atoms with Crippen LogP contribution in [0.4, 0.5) is 0 Å². The maximum atomic E-state index is 9.77. The predicted octanol–water partition coefficient (Wildman–Crippen LogP) is 3.52. The molecule has 1 aromatic carbocycles. The quantitative estimate of drug-likeness (QED) is 0.749. The molecule has 0 aliphatic heterocycles. The minimum Gasteiger partial charge on any atom is -0.508 e. The summed E-state index contributed by atoms with van der Waals surface area (Å²) < 4.78 is 5.08. The molecule has 3 rings (SSSR count). The number of phenols is 2. The monoisotopic (exact) mass is 323 g/mol. The van der Waals surface area contributed by atoms with Crippen molar-refractivity contribution in [2.45, 2.75) is 0 Å². The fourth-order valence-electron chi connectivity index (χ4n) is 1.71. The molecule has 0 unspecified atom stereocenters. The average Bonchev–Trinajstić information content (AvgIpc) is 2.87. The molecule has 0 fully saturated rings. The Balaban J connectivity index is 2.03. The number of rotatable bonds is 2. The van der Waals surface area contributed by atoms with Crippen molar-refractivity contribution in [1.29, 1.82) is 0 Å². The topological polar surface area (TPSA) is 92.3 Å². The zero-order valence-corrected chi connectivity index (χ0v) is 11.8. The molecule has 0 radical (unpaired) electrons. The van der Waals surface area contributed by atoms with E-state index < -0.39 is 0 Å². The van der Waals surface area contributed by atoms with Crippen molar-refractivity contribution in [3.8, 4) is 34.5 Å². The minimum absolute atomic E-state index is 0.0709. The molecule has 8 heteroatoms. The van der Waals surface area contributed by atoms with Crippen LogP contribution in [0.15, 0.2) is 35.0 Å². The number of pyridine rings is 1. The van der Waals surface area contributed by atoms with Gasteiger partial charge in [-0.25, -0.2) is 4.98 Å². The van der Waals surface area contributed by atoms with Gasteiger partial charge in [0, 0.05) is 12.3 Å². The first-order chi connectivity index (χ1) is 10.0. The third kappa shape index (κ3) is 2.63. The Kier molecular flexibility index (Phi) is 3.40. The van der Waals surface area contributed by atoms with E-state index in [0.29, 0.717) is 10.7 Å². The maximum absolute atomic E-state index is 9.77. The first-order valence-electron chi connectivity index (χ1n) is 5.72. The first kappa shape index (κ1) is 13.7. The van der Waals surface area contributed by atoms with Gasteiger partial charge in [-0.05, 0) is 18.2 Å². The summed E-state index contributed by atoms with van der Waals surface area (Å²) in [4.78, 5) is 8.16. The van der Waals surface area contributed by atoms with Gasteiger partial charge in [-0.1, -0.05) is 28.4 Å². The number of hydrogen-bond acceptors (Lipinski definition) is 6. The molecular weight excluding hydrogens is 317 g/mol. The maximum Gasteiger partial charge on any atom is 0.262 e. The summed E-state index contributed by atoms with van der Waals surface area (Å²) in [6.07, 6.45) is 1.41. The van der Waals surface area contributed by atoms with Gasteiger partial charge in [0.25, 0.3) is 5.89 Å². The number of hydrogen-bond donors (Lipinski definition) is 2. The summed E-state index contributed by atoms with van der Waals surface area (Å²) in [5.74, 6) is -0.00628. The molecule has 2 heterocycles. The molecule has 6 nitrogen and oxygen atoms in total. The molecule has 21 heavy (non-hydrogen) atoms. The smallest absolute Gasteiger partial charge is 0.262 e. The van der Waals surface area contributed by atoms with Crippen LogP contribution in [0.1, 0.15) is 0 Å². The lowest BCUT2D eigenvalue weighted by atomic mass is 10.2. The lowest BCUT2D eigenvalue weighted by Gasteiger charge is -1.99. The average molecular weight is 324 g/mol. The number of benzene rings is 1. The van der Waals surface area contributed by atoms with Crippen molar-refractivity contribution in [3.63, 3.8) is 0 Å². The van der Waals surface area contributed by atoms with Crippen LogP contribution in [0.2, 0.25) is 10.0 Å². The van der Waals surface area contributed by atoms with Crippen LogP contribution in [-0.2, 0) is 0 Å². The second-order valence-corrected chi connectivity index (χ2v) is 4.95. The highest BCUT2D eigenvalue weighted by Gasteiger charge is 2.17. The summed E-state index contributed by atoms with van der Waals surface area (Å²) in [5.41, 5.74) is 0.603. The summed E-state index contributed by atoms with van der Waals surface area (Å²) in [6.45, 7) is 0. The van der Waals surface area contributed by atoms with Crippen LogP contribution in [-0.4, -0.2) is 25.3 Å². The van der Waals surface area contributed by atoms with Gasteiger partial charge in [0.15, 0.2) is 0 Å². The third-order valence-corrected chi connectivity index (χ3v) is 3.15. The number of aromatic nitrogens is 3. The van der Waals surface area contributed by atoms with E-state index in [1.165, 1.54) is 30.5 Å². The fraction of sp³-hybridized carbons (Fsp3) is 0. The number of nitrogens with zero attached hydrogens (tertiary/aromatic N) is 3. The van der Waals surface area contributed by atoms with Crippen molar-refractivity contribution in [1.82, 2.24) is 15.1 Å². The summed E-state index contributed by atoms with van der Waals surface area (Å²) in [6, 6.07) is 5.54. The van der Waals surface area contributed by atoms with E-state index in [9.17, 15) is 10.2 Å². The summed E-state index contributed by atoms with van der Waals surface area (Å²) in [5, 5.41) is 23.5.